The normalized spacial score (nSPS) is 35.0. The third-order valence-corrected chi connectivity index (χ3v) is 5.72. The highest BCUT2D eigenvalue weighted by atomic mass is 16.5. The van der Waals surface area contributed by atoms with Gasteiger partial charge < -0.3 is 15.0 Å². The van der Waals surface area contributed by atoms with Crippen LogP contribution in [0.5, 0.6) is 0 Å². The second-order valence-corrected chi connectivity index (χ2v) is 7.82. The van der Waals surface area contributed by atoms with E-state index >= 15 is 0 Å². The quantitative estimate of drug-likeness (QED) is 0.781. The van der Waals surface area contributed by atoms with Crippen LogP contribution in [0, 0.1) is 11.3 Å². The van der Waals surface area contributed by atoms with Gasteiger partial charge in [0.15, 0.2) is 0 Å². The molecule has 0 aromatic rings. The van der Waals surface area contributed by atoms with Gasteiger partial charge in [0.2, 0.25) is 0 Å². The summed E-state index contributed by atoms with van der Waals surface area (Å²) in [7, 11) is 0. The Labute approximate surface area is 130 Å². The molecule has 3 fully saturated rings. The van der Waals surface area contributed by atoms with Gasteiger partial charge in [0.05, 0.1) is 6.61 Å². The Morgan fingerprint density at radius 3 is 2.81 bits per heavy atom. The maximum atomic E-state index is 5.78. The molecular formula is C18H34N2O. The summed E-state index contributed by atoms with van der Waals surface area (Å²) >= 11 is 0. The molecule has 2 atom stereocenters. The summed E-state index contributed by atoms with van der Waals surface area (Å²) < 4.78 is 5.78. The van der Waals surface area contributed by atoms with Crippen molar-refractivity contribution in [3.8, 4) is 0 Å². The summed E-state index contributed by atoms with van der Waals surface area (Å²) in [5, 5.41) is 3.77. The van der Waals surface area contributed by atoms with Crippen LogP contribution in [0.4, 0.5) is 0 Å². The van der Waals surface area contributed by atoms with E-state index in [1.54, 1.807) is 0 Å². The lowest BCUT2D eigenvalue weighted by Crippen LogP contribution is -2.45. The van der Waals surface area contributed by atoms with Gasteiger partial charge in [-0.3, -0.25) is 0 Å². The number of hydrogen-bond acceptors (Lipinski definition) is 3. The average molecular weight is 294 g/mol. The Morgan fingerprint density at radius 2 is 2.10 bits per heavy atom. The molecule has 3 heteroatoms. The monoisotopic (exact) mass is 294 g/mol. The Morgan fingerprint density at radius 1 is 1.19 bits per heavy atom. The topological polar surface area (TPSA) is 24.5 Å². The predicted molar refractivity (Wildman–Crippen MR) is 87.6 cm³/mol. The van der Waals surface area contributed by atoms with Crippen molar-refractivity contribution in [3.63, 3.8) is 0 Å². The van der Waals surface area contributed by atoms with E-state index < -0.39 is 0 Å². The zero-order valence-electron chi connectivity index (χ0n) is 13.9. The molecule has 0 aromatic heterocycles. The SMILES string of the molecule is CCCC1CCCN(CC2(CNC3CC3)CCOC2)CC1. The Balaban J connectivity index is 1.50. The number of nitrogens with one attached hydrogen (secondary N) is 1. The first-order chi connectivity index (χ1) is 10.3. The minimum absolute atomic E-state index is 0.396. The highest BCUT2D eigenvalue weighted by molar-refractivity contribution is 4.92. The van der Waals surface area contributed by atoms with Crippen LogP contribution in [-0.4, -0.2) is 50.3 Å². The van der Waals surface area contributed by atoms with E-state index in [4.69, 9.17) is 4.74 Å². The maximum absolute atomic E-state index is 5.78. The fourth-order valence-corrected chi connectivity index (χ4v) is 4.17. The Kier molecular flexibility index (Phi) is 5.58. The molecule has 2 heterocycles. The first-order valence-electron chi connectivity index (χ1n) is 9.33. The van der Waals surface area contributed by atoms with Crippen LogP contribution in [0.25, 0.3) is 0 Å². The van der Waals surface area contributed by atoms with Crippen LogP contribution in [0.15, 0.2) is 0 Å². The van der Waals surface area contributed by atoms with Crippen LogP contribution < -0.4 is 5.32 Å². The van der Waals surface area contributed by atoms with Gasteiger partial charge in [-0.1, -0.05) is 19.8 Å². The van der Waals surface area contributed by atoms with Crippen LogP contribution in [0.2, 0.25) is 0 Å². The van der Waals surface area contributed by atoms with Gasteiger partial charge in [0.25, 0.3) is 0 Å². The standard InChI is InChI=1S/C18H34N2O/c1-2-4-16-5-3-10-20(11-8-16)14-18(9-12-21-15-18)13-19-17-6-7-17/h16-17,19H,2-15H2,1H3. The van der Waals surface area contributed by atoms with Crippen molar-refractivity contribution in [2.45, 2.75) is 64.3 Å². The molecule has 0 spiro atoms. The molecule has 1 aliphatic carbocycles. The number of rotatable bonds is 7. The summed E-state index contributed by atoms with van der Waals surface area (Å²) in [5.41, 5.74) is 0.396. The van der Waals surface area contributed by atoms with Gasteiger partial charge >= 0.3 is 0 Å². The minimum atomic E-state index is 0.396. The van der Waals surface area contributed by atoms with Crippen LogP contribution in [0.3, 0.4) is 0 Å². The van der Waals surface area contributed by atoms with Crippen molar-refractivity contribution in [1.82, 2.24) is 10.2 Å². The molecule has 2 saturated heterocycles. The van der Waals surface area contributed by atoms with Crippen molar-refractivity contribution >= 4 is 0 Å². The van der Waals surface area contributed by atoms with Gasteiger partial charge in [-0.15, -0.1) is 0 Å². The predicted octanol–water partition coefficient (Wildman–Crippen LogP) is 3.05. The smallest absolute Gasteiger partial charge is 0.0547 e. The van der Waals surface area contributed by atoms with Gasteiger partial charge in [-0.25, -0.2) is 0 Å². The lowest BCUT2D eigenvalue weighted by Gasteiger charge is -2.34. The van der Waals surface area contributed by atoms with Crippen molar-refractivity contribution < 1.29 is 4.74 Å². The molecule has 122 valence electrons. The highest BCUT2D eigenvalue weighted by Crippen LogP contribution is 2.32. The molecule has 3 aliphatic rings. The molecule has 0 amide bonds. The largest absolute Gasteiger partial charge is 0.381 e. The van der Waals surface area contributed by atoms with E-state index in [1.807, 2.05) is 0 Å². The van der Waals surface area contributed by atoms with Crippen LogP contribution in [-0.2, 0) is 4.74 Å². The summed E-state index contributed by atoms with van der Waals surface area (Å²) in [6.07, 6.45) is 11.1. The number of ether oxygens (including phenoxy) is 1. The molecule has 0 bridgehead atoms. The Bertz CT molecular complexity index is 310. The summed E-state index contributed by atoms with van der Waals surface area (Å²) in [4.78, 5) is 2.75. The highest BCUT2D eigenvalue weighted by Gasteiger charge is 2.38. The molecule has 1 saturated carbocycles. The fraction of sp³-hybridized carbons (Fsp3) is 1.00. The third kappa shape index (κ3) is 4.67. The van der Waals surface area contributed by atoms with Crippen LogP contribution in [0.1, 0.15) is 58.3 Å². The van der Waals surface area contributed by atoms with Gasteiger partial charge in [-0.05, 0) is 57.5 Å². The molecule has 0 aromatic carbocycles. The number of nitrogens with zero attached hydrogens (tertiary/aromatic N) is 1. The number of hydrogen-bond donors (Lipinski definition) is 1. The Hall–Kier alpha value is -0.120. The minimum Gasteiger partial charge on any atom is -0.381 e. The summed E-state index contributed by atoms with van der Waals surface area (Å²) in [6, 6.07) is 0.820. The number of likely N-dealkylation sites (tertiary alicyclic amines) is 1. The van der Waals surface area contributed by atoms with Crippen molar-refractivity contribution in [3.05, 3.63) is 0 Å². The van der Waals surface area contributed by atoms with E-state index in [-0.39, 0.29) is 0 Å². The first kappa shape index (κ1) is 15.8. The zero-order chi connectivity index (χ0) is 14.5. The average Bonchev–Trinajstić information content (AvgIpc) is 3.24. The summed E-state index contributed by atoms with van der Waals surface area (Å²) in [6.45, 7) is 9.33. The maximum Gasteiger partial charge on any atom is 0.0547 e. The molecule has 3 nitrogen and oxygen atoms in total. The molecular weight excluding hydrogens is 260 g/mol. The zero-order valence-corrected chi connectivity index (χ0v) is 13.9. The van der Waals surface area contributed by atoms with Gasteiger partial charge in [0.1, 0.15) is 0 Å². The van der Waals surface area contributed by atoms with Gasteiger partial charge in [0, 0.05) is 31.2 Å². The van der Waals surface area contributed by atoms with Crippen molar-refractivity contribution in [1.29, 1.82) is 0 Å². The molecule has 3 rings (SSSR count). The third-order valence-electron chi connectivity index (χ3n) is 5.72. The van der Waals surface area contributed by atoms with E-state index in [2.05, 4.69) is 17.1 Å². The van der Waals surface area contributed by atoms with E-state index in [0.717, 1.165) is 25.2 Å². The molecule has 2 unspecified atom stereocenters. The molecule has 2 aliphatic heterocycles. The molecule has 0 radical (unpaired) electrons. The van der Waals surface area contributed by atoms with E-state index in [9.17, 15) is 0 Å². The van der Waals surface area contributed by atoms with E-state index in [1.165, 1.54) is 77.5 Å². The molecule has 1 N–H and O–H groups in total. The lowest BCUT2D eigenvalue weighted by atomic mass is 9.86. The van der Waals surface area contributed by atoms with E-state index in [0.29, 0.717) is 5.41 Å². The second kappa shape index (κ2) is 7.43. The van der Waals surface area contributed by atoms with Gasteiger partial charge in [-0.2, -0.15) is 0 Å². The fourth-order valence-electron chi connectivity index (χ4n) is 4.17. The first-order valence-corrected chi connectivity index (χ1v) is 9.33. The second-order valence-electron chi connectivity index (χ2n) is 7.82. The summed E-state index contributed by atoms with van der Waals surface area (Å²) in [5.74, 6) is 0.986. The van der Waals surface area contributed by atoms with Crippen molar-refractivity contribution in [2.24, 2.45) is 11.3 Å². The molecule has 21 heavy (non-hydrogen) atoms. The lowest BCUT2D eigenvalue weighted by molar-refractivity contribution is 0.109. The van der Waals surface area contributed by atoms with Crippen molar-refractivity contribution in [2.75, 3.05) is 39.4 Å². The van der Waals surface area contributed by atoms with Crippen LogP contribution >= 0.6 is 0 Å².